The molecular weight excluding hydrogens is 184 g/mol. The molecule has 1 aliphatic rings. The van der Waals surface area contributed by atoms with E-state index in [2.05, 4.69) is 26.8 Å². The highest BCUT2D eigenvalue weighted by Gasteiger charge is 2.27. The van der Waals surface area contributed by atoms with E-state index in [0.717, 1.165) is 5.57 Å². The molecule has 0 fully saturated rings. The van der Waals surface area contributed by atoms with Crippen molar-refractivity contribution in [2.45, 2.75) is 60.0 Å². The lowest BCUT2D eigenvalue weighted by Gasteiger charge is -2.33. The van der Waals surface area contributed by atoms with E-state index in [1.165, 1.54) is 30.4 Å². The lowest BCUT2D eigenvalue weighted by molar-refractivity contribution is 0.231. The first kappa shape index (κ1) is 12.5. The summed E-state index contributed by atoms with van der Waals surface area (Å²) in [6.45, 7) is 10.7. The Hall–Kier alpha value is -0.560. The van der Waals surface area contributed by atoms with Crippen LogP contribution in [0.25, 0.3) is 0 Å². The zero-order chi connectivity index (χ0) is 11.6. The smallest absolute Gasteiger partial charge is 0.0722 e. The SMILES string of the molecule is CC1=C(/C=C(\C)C(C)O)C(C)(C)CCC1. The minimum atomic E-state index is -0.331. The van der Waals surface area contributed by atoms with E-state index in [1.54, 1.807) is 0 Å². The van der Waals surface area contributed by atoms with Crippen LogP contribution < -0.4 is 0 Å². The Labute approximate surface area is 93.9 Å². The molecule has 0 saturated heterocycles. The predicted molar refractivity (Wildman–Crippen MR) is 65.8 cm³/mol. The molecule has 0 radical (unpaired) electrons. The minimum Gasteiger partial charge on any atom is -0.389 e. The lowest BCUT2D eigenvalue weighted by atomic mass is 9.72. The molecule has 0 amide bonds. The van der Waals surface area contributed by atoms with Crippen LogP contribution in [0.3, 0.4) is 0 Å². The number of aliphatic hydroxyl groups excluding tert-OH is 1. The zero-order valence-electron chi connectivity index (χ0n) is 10.7. The molecule has 0 aliphatic heterocycles. The maximum atomic E-state index is 9.52. The van der Waals surface area contributed by atoms with Gasteiger partial charge in [0.15, 0.2) is 0 Å². The van der Waals surface area contributed by atoms with Gasteiger partial charge in [-0.1, -0.05) is 25.5 Å². The summed E-state index contributed by atoms with van der Waals surface area (Å²) in [4.78, 5) is 0. The molecule has 0 spiro atoms. The van der Waals surface area contributed by atoms with Gasteiger partial charge in [0.25, 0.3) is 0 Å². The van der Waals surface area contributed by atoms with Gasteiger partial charge in [-0.2, -0.15) is 0 Å². The molecule has 1 unspecified atom stereocenters. The fraction of sp³-hybridized carbons (Fsp3) is 0.714. The van der Waals surface area contributed by atoms with E-state index in [4.69, 9.17) is 0 Å². The molecule has 1 N–H and O–H groups in total. The largest absolute Gasteiger partial charge is 0.389 e. The van der Waals surface area contributed by atoms with Gasteiger partial charge in [0, 0.05) is 0 Å². The molecule has 0 aromatic rings. The van der Waals surface area contributed by atoms with Gasteiger partial charge in [0.1, 0.15) is 0 Å². The van der Waals surface area contributed by atoms with Crippen molar-refractivity contribution in [3.05, 3.63) is 22.8 Å². The van der Waals surface area contributed by atoms with Crippen molar-refractivity contribution in [2.75, 3.05) is 0 Å². The van der Waals surface area contributed by atoms with Gasteiger partial charge in [-0.3, -0.25) is 0 Å². The van der Waals surface area contributed by atoms with E-state index in [1.807, 2.05) is 13.8 Å². The Morgan fingerprint density at radius 3 is 2.53 bits per heavy atom. The normalized spacial score (nSPS) is 24.3. The van der Waals surface area contributed by atoms with Crippen molar-refractivity contribution in [1.82, 2.24) is 0 Å². The van der Waals surface area contributed by atoms with Gasteiger partial charge in [-0.25, -0.2) is 0 Å². The fourth-order valence-electron chi connectivity index (χ4n) is 2.31. The van der Waals surface area contributed by atoms with Gasteiger partial charge < -0.3 is 5.11 Å². The van der Waals surface area contributed by atoms with E-state index in [0.29, 0.717) is 0 Å². The van der Waals surface area contributed by atoms with Crippen LogP contribution in [0.1, 0.15) is 53.9 Å². The van der Waals surface area contributed by atoms with E-state index in [9.17, 15) is 5.11 Å². The maximum Gasteiger partial charge on any atom is 0.0722 e. The second kappa shape index (κ2) is 4.52. The Morgan fingerprint density at radius 1 is 1.47 bits per heavy atom. The molecule has 0 bridgehead atoms. The summed E-state index contributed by atoms with van der Waals surface area (Å²) in [7, 11) is 0. The second-order valence-corrected chi connectivity index (χ2v) is 5.50. The maximum absolute atomic E-state index is 9.52. The van der Waals surface area contributed by atoms with Crippen molar-refractivity contribution in [3.8, 4) is 0 Å². The van der Waals surface area contributed by atoms with Gasteiger partial charge in [0.2, 0.25) is 0 Å². The van der Waals surface area contributed by atoms with Crippen molar-refractivity contribution < 1.29 is 5.11 Å². The molecule has 1 nitrogen and oxygen atoms in total. The summed E-state index contributed by atoms with van der Waals surface area (Å²) in [5.41, 5.74) is 4.27. The average molecular weight is 208 g/mol. The van der Waals surface area contributed by atoms with Crippen molar-refractivity contribution in [3.63, 3.8) is 0 Å². The Bertz CT molecular complexity index is 292. The number of hydrogen-bond donors (Lipinski definition) is 1. The summed E-state index contributed by atoms with van der Waals surface area (Å²) < 4.78 is 0. The minimum absolute atomic E-state index is 0.276. The quantitative estimate of drug-likeness (QED) is 0.731. The summed E-state index contributed by atoms with van der Waals surface area (Å²) in [5.74, 6) is 0. The molecule has 0 aromatic carbocycles. The van der Waals surface area contributed by atoms with E-state index >= 15 is 0 Å². The highest BCUT2D eigenvalue weighted by Crippen LogP contribution is 2.41. The third kappa shape index (κ3) is 2.94. The summed E-state index contributed by atoms with van der Waals surface area (Å²) in [6.07, 6.45) is 5.62. The van der Waals surface area contributed by atoms with Gasteiger partial charge in [-0.05, 0) is 56.6 Å². The van der Waals surface area contributed by atoms with Gasteiger partial charge in [-0.15, -0.1) is 0 Å². The van der Waals surface area contributed by atoms with Gasteiger partial charge in [0.05, 0.1) is 6.10 Å². The van der Waals surface area contributed by atoms with Crippen LogP contribution in [-0.4, -0.2) is 11.2 Å². The topological polar surface area (TPSA) is 20.2 Å². The highest BCUT2D eigenvalue weighted by atomic mass is 16.3. The molecule has 1 aliphatic carbocycles. The fourth-order valence-corrected chi connectivity index (χ4v) is 2.31. The summed E-state index contributed by atoms with van der Waals surface area (Å²) >= 11 is 0. The number of hydrogen-bond acceptors (Lipinski definition) is 1. The average Bonchev–Trinajstić information content (AvgIpc) is 2.10. The summed E-state index contributed by atoms with van der Waals surface area (Å²) in [5, 5.41) is 9.52. The molecule has 0 aromatic heterocycles. The predicted octanol–water partition coefficient (Wildman–Crippen LogP) is 3.84. The first-order valence-electron chi connectivity index (χ1n) is 5.91. The first-order chi connectivity index (χ1) is 6.84. The molecule has 86 valence electrons. The van der Waals surface area contributed by atoms with Crippen LogP contribution in [-0.2, 0) is 0 Å². The number of allylic oxidation sites excluding steroid dienone is 3. The standard InChI is InChI=1S/C14H24O/c1-10-7-6-8-14(4,5)13(10)9-11(2)12(3)15/h9,12,15H,6-8H2,1-5H3/b11-9+. The monoisotopic (exact) mass is 208 g/mol. The molecule has 1 atom stereocenters. The molecule has 0 saturated carbocycles. The number of rotatable bonds is 2. The Kier molecular flexibility index (Phi) is 3.77. The highest BCUT2D eigenvalue weighted by molar-refractivity contribution is 5.35. The molecule has 15 heavy (non-hydrogen) atoms. The third-order valence-corrected chi connectivity index (χ3v) is 3.57. The van der Waals surface area contributed by atoms with E-state index < -0.39 is 0 Å². The van der Waals surface area contributed by atoms with Crippen LogP contribution in [0.2, 0.25) is 0 Å². The third-order valence-electron chi connectivity index (χ3n) is 3.57. The van der Waals surface area contributed by atoms with Crippen LogP contribution in [0.5, 0.6) is 0 Å². The van der Waals surface area contributed by atoms with E-state index in [-0.39, 0.29) is 11.5 Å². The summed E-state index contributed by atoms with van der Waals surface area (Å²) in [6, 6.07) is 0. The van der Waals surface area contributed by atoms with Crippen molar-refractivity contribution >= 4 is 0 Å². The van der Waals surface area contributed by atoms with Crippen LogP contribution in [0.4, 0.5) is 0 Å². The Morgan fingerprint density at radius 2 is 2.07 bits per heavy atom. The van der Waals surface area contributed by atoms with Crippen molar-refractivity contribution in [1.29, 1.82) is 0 Å². The van der Waals surface area contributed by atoms with Crippen molar-refractivity contribution in [2.24, 2.45) is 5.41 Å². The second-order valence-electron chi connectivity index (χ2n) is 5.50. The molecular formula is C14H24O. The van der Waals surface area contributed by atoms with Crippen LogP contribution in [0.15, 0.2) is 22.8 Å². The zero-order valence-corrected chi connectivity index (χ0v) is 10.7. The molecule has 1 rings (SSSR count). The number of aliphatic hydroxyl groups is 1. The van der Waals surface area contributed by atoms with Gasteiger partial charge >= 0.3 is 0 Å². The lowest BCUT2D eigenvalue weighted by Crippen LogP contribution is -2.20. The first-order valence-corrected chi connectivity index (χ1v) is 5.91. The molecule has 0 heterocycles. The van der Waals surface area contributed by atoms with Crippen LogP contribution >= 0.6 is 0 Å². The van der Waals surface area contributed by atoms with Crippen LogP contribution in [0, 0.1) is 5.41 Å². The Balaban J connectivity index is 3.05. The molecule has 1 heteroatoms.